The van der Waals surface area contributed by atoms with E-state index < -0.39 is 45.1 Å². The van der Waals surface area contributed by atoms with Crippen molar-refractivity contribution in [2.45, 2.75) is 24.4 Å². The SMILES string of the molecule is O=C(CN(Cc1ccccn1)S(=O)(=O)c1cc2cc(F)ccc2o1)NCc1cc(-c2ccc(C(F)(F)F)cc2)ncn1. The molecule has 0 atom stereocenters. The molecule has 14 heteroatoms. The number of aromatic nitrogens is 3. The Hall–Kier alpha value is -4.69. The fourth-order valence-corrected chi connectivity index (χ4v) is 5.34. The van der Waals surface area contributed by atoms with Gasteiger partial charge in [-0.2, -0.15) is 17.5 Å². The summed E-state index contributed by atoms with van der Waals surface area (Å²) in [4.78, 5) is 25.2. The number of carbonyl (C=O) groups excluding carboxylic acids is 1. The van der Waals surface area contributed by atoms with Crippen LogP contribution in [0.2, 0.25) is 0 Å². The van der Waals surface area contributed by atoms with Crippen molar-refractivity contribution in [1.29, 1.82) is 0 Å². The van der Waals surface area contributed by atoms with Gasteiger partial charge in [0.1, 0.15) is 17.7 Å². The normalized spacial score (nSPS) is 12.1. The molecule has 1 amide bonds. The number of nitrogens with one attached hydrogen (secondary N) is 1. The van der Waals surface area contributed by atoms with Gasteiger partial charge in [-0.3, -0.25) is 9.78 Å². The molecule has 3 aromatic heterocycles. The van der Waals surface area contributed by atoms with Crippen molar-refractivity contribution in [2.24, 2.45) is 0 Å². The Kier molecular flexibility index (Phi) is 8.00. The third-order valence-corrected chi connectivity index (χ3v) is 7.78. The summed E-state index contributed by atoms with van der Waals surface area (Å²) in [6.45, 7) is -0.981. The molecule has 5 rings (SSSR count). The van der Waals surface area contributed by atoms with E-state index in [2.05, 4.69) is 20.3 Å². The Labute approximate surface area is 236 Å². The lowest BCUT2D eigenvalue weighted by molar-refractivity contribution is -0.137. The Bertz CT molecular complexity index is 1830. The maximum absolute atomic E-state index is 13.7. The van der Waals surface area contributed by atoms with Crippen LogP contribution in [-0.4, -0.2) is 40.1 Å². The van der Waals surface area contributed by atoms with Gasteiger partial charge >= 0.3 is 6.18 Å². The molecular weight excluding hydrogens is 578 g/mol. The van der Waals surface area contributed by atoms with E-state index in [4.69, 9.17) is 4.42 Å². The minimum absolute atomic E-state index is 0.115. The van der Waals surface area contributed by atoms with E-state index in [1.807, 2.05) is 0 Å². The highest BCUT2D eigenvalue weighted by atomic mass is 32.2. The lowest BCUT2D eigenvalue weighted by atomic mass is 10.1. The number of alkyl halides is 3. The first kappa shape index (κ1) is 28.8. The molecule has 42 heavy (non-hydrogen) atoms. The number of hydrogen-bond acceptors (Lipinski definition) is 7. The van der Waals surface area contributed by atoms with E-state index in [0.29, 0.717) is 22.6 Å². The van der Waals surface area contributed by atoms with Gasteiger partial charge in [0.15, 0.2) is 0 Å². The molecular formula is C28H21F4N5O4S. The first-order valence-corrected chi connectivity index (χ1v) is 13.8. The molecule has 0 spiro atoms. The van der Waals surface area contributed by atoms with Crippen molar-refractivity contribution in [3.8, 4) is 11.3 Å². The zero-order chi connectivity index (χ0) is 29.9. The van der Waals surface area contributed by atoms with Crippen LogP contribution in [0.15, 0.2) is 94.8 Å². The molecule has 3 heterocycles. The van der Waals surface area contributed by atoms with Crippen LogP contribution in [0, 0.1) is 5.82 Å². The van der Waals surface area contributed by atoms with Crippen LogP contribution in [0.3, 0.4) is 0 Å². The highest BCUT2D eigenvalue weighted by Gasteiger charge is 2.31. The van der Waals surface area contributed by atoms with Crippen molar-refractivity contribution in [3.63, 3.8) is 0 Å². The van der Waals surface area contributed by atoms with E-state index in [-0.39, 0.29) is 24.1 Å². The molecule has 2 aromatic carbocycles. The van der Waals surface area contributed by atoms with Gasteiger partial charge in [-0.15, -0.1) is 0 Å². The summed E-state index contributed by atoms with van der Waals surface area (Å²) in [5.74, 6) is -1.24. The quantitative estimate of drug-likeness (QED) is 0.238. The fourth-order valence-electron chi connectivity index (χ4n) is 4.03. The lowest BCUT2D eigenvalue weighted by Crippen LogP contribution is -2.40. The molecule has 0 aliphatic carbocycles. The highest BCUT2D eigenvalue weighted by molar-refractivity contribution is 7.89. The van der Waals surface area contributed by atoms with Crippen molar-refractivity contribution in [1.82, 2.24) is 24.6 Å². The standard InChI is InChI=1S/C28H21F4N5O4S/c29-21-8-9-25-19(11-21)12-27(41-25)42(39,40)37(15-22-3-1-2-10-33-22)16-26(38)34-14-23-13-24(36-17-35-23)18-4-6-20(7-5-18)28(30,31)32/h1-13,17H,14-16H2,(H,34,38). The van der Waals surface area contributed by atoms with E-state index >= 15 is 0 Å². The van der Waals surface area contributed by atoms with Crippen molar-refractivity contribution >= 4 is 26.9 Å². The molecule has 5 aromatic rings. The lowest BCUT2D eigenvalue weighted by Gasteiger charge is -2.20. The zero-order valence-corrected chi connectivity index (χ0v) is 22.4. The van der Waals surface area contributed by atoms with Crippen LogP contribution in [-0.2, 0) is 34.1 Å². The number of carbonyl (C=O) groups is 1. The first-order chi connectivity index (χ1) is 20.0. The van der Waals surface area contributed by atoms with E-state index in [9.17, 15) is 30.8 Å². The maximum Gasteiger partial charge on any atom is 0.416 e. The molecule has 0 unspecified atom stereocenters. The summed E-state index contributed by atoms with van der Waals surface area (Å²) in [7, 11) is -4.37. The van der Waals surface area contributed by atoms with Gasteiger partial charge in [0.2, 0.25) is 11.0 Å². The smallest absolute Gasteiger partial charge is 0.416 e. The Morgan fingerprint density at radius 2 is 1.71 bits per heavy atom. The van der Waals surface area contributed by atoms with Crippen LogP contribution in [0.25, 0.3) is 22.2 Å². The average Bonchev–Trinajstić information content (AvgIpc) is 3.40. The Morgan fingerprint density at radius 3 is 2.43 bits per heavy atom. The third-order valence-electron chi connectivity index (χ3n) is 6.13. The Morgan fingerprint density at radius 1 is 0.929 bits per heavy atom. The molecule has 0 fully saturated rings. The molecule has 1 N–H and O–H groups in total. The number of hydrogen-bond donors (Lipinski definition) is 1. The molecule has 0 saturated heterocycles. The van der Waals surface area contributed by atoms with Gasteiger partial charge in [0.25, 0.3) is 10.0 Å². The number of fused-ring (bicyclic) bond motifs is 1. The number of pyridine rings is 1. The second-order valence-electron chi connectivity index (χ2n) is 9.09. The second-order valence-corrected chi connectivity index (χ2v) is 11.0. The van der Waals surface area contributed by atoms with Crippen molar-refractivity contribution < 1.29 is 35.2 Å². The first-order valence-electron chi connectivity index (χ1n) is 12.3. The molecule has 0 aliphatic rings. The van der Waals surface area contributed by atoms with Crippen LogP contribution in [0.5, 0.6) is 0 Å². The average molecular weight is 600 g/mol. The van der Waals surface area contributed by atoms with E-state index in [1.54, 1.807) is 18.2 Å². The van der Waals surface area contributed by atoms with E-state index in [1.165, 1.54) is 42.9 Å². The summed E-state index contributed by atoms with van der Waals surface area (Å²) >= 11 is 0. The predicted molar refractivity (Wildman–Crippen MR) is 142 cm³/mol. The van der Waals surface area contributed by atoms with Crippen LogP contribution < -0.4 is 5.32 Å². The molecule has 0 bridgehead atoms. The topological polar surface area (TPSA) is 118 Å². The number of sulfonamides is 1. The molecule has 0 radical (unpaired) electrons. The van der Waals surface area contributed by atoms with Gasteiger partial charge in [0, 0.05) is 23.2 Å². The van der Waals surface area contributed by atoms with Gasteiger partial charge in [-0.25, -0.2) is 22.8 Å². The van der Waals surface area contributed by atoms with E-state index in [0.717, 1.165) is 28.6 Å². The van der Waals surface area contributed by atoms with Gasteiger partial charge in [-0.05, 0) is 48.5 Å². The predicted octanol–water partition coefficient (Wildman–Crippen LogP) is 4.95. The molecule has 0 aliphatic heterocycles. The number of halogens is 4. The van der Waals surface area contributed by atoms with Gasteiger partial charge in [-0.1, -0.05) is 18.2 Å². The van der Waals surface area contributed by atoms with Crippen molar-refractivity contribution in [2.75, 3.05) is 6.54 Å². The van der Waals surface area contributed by atoms with Crippen LogP contribution in [0.4, 0.5) is 17.6 Å². The molecule has 216 valence electrons. The summed E-state index contributed by atoms with van der Waals surface area (Å²) < 4.78 is 85.7. The zero-order valence-electron chi connectivity index (χ0n) is 21.5. The number of benzene rings is 2. The van der Waals surface area contributed by atoms with Gasteiger partial charge in [0.05, 0.1) is 42.3 Å². The van der Waals surface area contributed by atoms with Gasteiger partial charge < -0.3 is 9.73 Å². The third kappa shape index (κ3) is 6.61. The summed E-state index contributed by atoms with van der Waals surface area (Å²) in [5, 5.41) is 2.37. The number of rotatable bonds is 9. The minimum Gasteiger partial charge on any atom is -0.443 e. The van der Waals surface area contributed by atoms with Crippen molar-refractivity contribution in [3.05, 3.63) is 108 Å². The summed E-state index contributed by atoms with van der Waals surface area (Å²) in [6.07, 6.45) is -1.79. The maximum atomic E-state index is 13.7. The largest absolute Gasteiger partial charge is 0.443 e. The monoisotopic (exact) mass is 599 g/mol. The molecule has 9 nitrogen and oxygen atoms in total. The fraction of sp³-hybridized carbons (Fsp3) is 0.143. The summed E-state index contributed by atoms with van der Waals surface area (Å²) in [5.41, 5.74) is 0.817. The number of furan rings is 1. The second kappa shape index (κ2) is 11.7. The highest BCUT2D eigenvalue weighted by Crippen LogP contribution is 2.31. The number of nitrogens with zero attached hydrogens (tertiary/aromatic N) is 4. The minimum atomic E-state index is -4.47. The summed E-state index contributed by atoms with van der Waals surface area (Å²) in [6, 6.07) is 15.6. The molecule has 0 saturated carbocycles. The number of amides is 1. The Balaban J connectivity index is 1.32. The van der Waals surface area contributed by atoms with Crippen LogP contribution >= 0.6 is 0 Å². The van der Waals surface area contributed by atoms with Crippen LogP contribution in [0.1, 0.15) is 17.0 Å².